The van der Waals surface area contributed by atoms with Crippen molar-refractivity contribution < 1.29 is 27.4 Å². The molecule has 0 saturated heterocycles. The van der Waals surface area contributed by atoms with E-state index in [4.69, 9.17) is 9.47 Å². The van der Waals surface area contributed by atoms with Gasteiger partial charge in [-0.1, -0.05) is 12.1 Å². The first-order valence-electron chi connectivity index (χ1n) is 8.53. The molecular formula is C18H19N5O6S. The number of sulfonamides is 1. The number of methoxy groups -OCH3 is 3. The van der Waals surface area contributed by atoms with Gasteiger partial charge in [-0.2, -0.15) is 19.7 Å². The first kappa shape index (κ1) is 21.0. The third-order valence-corrected chi connectivity index (χ3v) is 5.34. The second-order valence-electron chi connectivity index (χ2n) is 5.93. The number of aromatic nitrogens is 4. The lowest BCUT2D eigenvalue weighted by molar-refractivity contribution is 0.0596. The average molecular weight is 433 g/mol. The van der Waals surface area contributed by atoms with Crippen molar-refractivity contribution in [2.45, 2.75) is 11.8 Å². The van der Waals surface area contributed by atoms with E-state index in [0.29, 0.717) is 5.69 Å². The van der Waals surface area contributed by atoms with Gasteiger partial charge in [-0.05, 0) is 19.1 Å². The third kappa shape index (κ3) is 4.17. The maximum Gasteiger partial charge on any atom is 0.339 e. The molecule has 0 amide bonds. The molecule has 12 heteroatoms. The van der Waals surface area contributed by atoms with E-state index in [-0.39, 0.29) is 34.0 Å². The van der Waals surface area contributed by atoms with Crippen LogP contribution in [-0.4, -0.2) is 55.5 Å². The fourth-order valence-corrected chi connectivity index (χ4v) is 3.82. The molecule has 1 aromatic carbocycles. The summed E-state index contributed by atoms with van der Waals surface area (Å²) in [6, 6.07) is 8.66. The molecule has 0 atom stereocenters. The molecule has 0 bridgehead atoms. The summed E-state index contributed by atoms with van der Waals surface area (Å²) < 4.78 is 44.6. The van der Waals surface area contributed by atoms with Crippen LogP contribution in [0, 0.1) is 6.92 Å². The van der Waals surface area contributed by atoms with E-state index in [0.717, 1.165) is 0 Å². The van der Waals surface area contributed by atoms with Gasteiger partial charge in [-0.3, -0.25) is 4.72 Å². The number of carbonyl (C=O) groups is 1. The Morgan fingerprint density at radius 1 is 1.03 bits per heavy atom. The smallest absolute Gasteiger partial charge is 0.339 e. The van der Waals surface area contributed by atoms with E-state index < -0.39 is 16.0 Å². The molecule has 2 aromatic heterocycles. The van der Waals surface area contributed by atoms with Gasteiger partial charge in [0.15, 0.2) is 0 Å². The predicted molar refractivity (Wildman–Crippen MR) is 106 cm³/mol. The Bertz CT molecular complexity index is 1170. The monoisotopic (exact) mass is 433 g/mol. The molecule has 3 rings (SSSR count). The summed E-state index contributed by atoms with van der Waals surface area (Å²) in [4.78, 5) is 20.1. The molecule has 11 nitrogen and oxygen atoms in total. The van der Waals surface area contributed by atoms with Gasteiger partial charge in [0, 0.05) is 6.07 Å². The molecule has 2 heterocycles. The first-order valence-corrected chi connectivity index (χ1v) is 10.0. The van der Waals surface area contributed by atoms with Crippen molar-refractivity contribution in [2.24, 2.45) is 0 Å². The highest BCUT2D eigenvalue weighted by atomic mass is 32.2. The lowest BCUT2D eigenvalue weighted by atomic mass is 10.2. The predicted octanol–water partition coefficient (Wildman–Crippen LogP) is 1.58. The molecular weight excluding hydrogens is 414 g/mol. The fraction of sp³-hybridized carbons (Fsp3) is 0.222. The summed E-state index contributed by atoms with van der Waals surface area (Å²) in [6.45, 7) is 1.67. The number of hydrogen-bond acceptors (Lipinski definition) is 9. The second kappa shape index (κ2) is 8.37. The highest BCUT2D eigenvalue weighted by Gasteiger charge is 2.25. The number of hydrogen-bond donors (Lipinski definition) is 1. The van der Waals surface area contributed by atoms with Gasteiger partial charge < -0.3 is 14.2 Å². The lowest BCUT2D eigenvalue weighted by Crippen LogP contribution is -2.20. The minimum atomic E-state index is -4.18. The van der Waals surface area contributed by atoms with E-state index in [9.17, 15) is 13.2 Å². The van der Waals surface area contributed by atoms with E-state index in [1.54, 1.807) is 6.92 Å². The topological polar surface area (TPSA) is 135 Å². The van der Waals surface area contributed by atoms with Crippen LogP contribution in [0.3, 0.4) is 0 Å². The van der Waals surface area contributed by atoms with Gasteiger partial charge in [0.05, 0.1) is 38.7 Å². The molecule has 0 spiro atoms. The average Bonchev–Trinajstić information content (AvgIpc) is 3.11. The number of carbonyl (C=O) groups excluding carboxylic acids is 1. The van der Waals surface area contributed by atoms with Crippen molar-refractivity contribution in [2.75, 3.05) is 26.1 Å². The van der Waals surface area contributed by atoms with Crippen molar-refractivity contribution in [3.05, 3.63) is 47.7 Å². The van der Waals surface area contributed by atoms with Crippen molar-refractivity contribution in [3.8, 4) is 17.7 Å². The Morgan fingerprint density at radius 3 is 2.27 bits per heavy atom. The Morgan fingerprint density at radius 2 is 1.67 bits per heavy atom. The van der Waals surface area contributed by atoms with Gasteiger partial charge in [0.25, 0.3) is 16.0 Å². The zero-order chi connectivity index (χ0) is 21.9. The van der Waals surface area contributed by atoms with Crippen molar-refractivity contribution in [3.63, 3.8) is 0 Å². The Balaban J connectivity index is 2.07. The summed E-state index contributed by atoms with van der Waals surface area (Å²) in [5, 5.41) is 4.25. The molecule has 0 unspecified atom stereocenters. The van der Waals surface area contributed by atoms with E-state index in [2.05, 4.69) is 24.5 Å². The standard InChI is InChI=1S/C18H19N5O6S/c1-11-9-14(23(21-11)18-19-15(27-2)10-16(20-18)28-3)22-30(25,26)13-8-6-5-7-12(13)17(24)29-4/h5-10,22H,1-4H3. The van der Waals surface area contributed by atoms with Crippen molar-refractivity contribution in [1.29, 1.82) is 0 Å². The van der Waals surface area contributed by atoms with Gasteiger partial charge in [0.1, 0.15) is 10.7 Å². The Hall–Kier alpha value is -3.67. The zero-order valence-electron chi connectivity index (χ0n) is 16.6. The summed E-state index contributed by atoms with van der Waals surface area (Å²) in [7, 11) is -0.158. The third-order valence-electron chi connectivity index (χ3n) is 3.93. The van der Waals surface area contributed by atoms with Gasteiger partial charge in [-0.25, -0.2) is 13.2 Å². The molecule has 30 heavy (non-hydrogen) atoms. The second-order valence-corrected chi connectivity index (χ2v) is 7.58. The number of anilines is 1. The zero-order valence-corrected chi connectivity index (χ0v) is 17.4. The lowest BCUT2D eigenvalue weighted by Gasteiger charge is -2.12. The minimum Gasteiger partial charge on any atom is -0.481 e. The number of nitrogens with one attached hydrogen (secondary N) is 1. The van der Waals surface area contributed by atoms with E-state index in [1.165, 1.54) is 62.4 Å². The number of nitrogens with zero attached hydrogens (tertiary/aromatic N) is 4. The number of esters is 1. The largest absolute Gasteiger partial charge is 0.481 e. The maximum atomic E-state index is 13.0. The van der Waals surface area contributed by atoms with Crippen LogP contribution in [0.4, 0.5) is 5.82 Å². The van der Waals surface area contributed by atoms with Crippen LogP contribution < -0.4 is 14.2 Å². The van der Waals surface area contributed by atoms with Crippen LogP contribution in [0.15, 0.2) is 41.3 Å². The van der Waals surface area contributed by atoms with Gasteiger partial charge >= 0.3 is 5.97 Å². The summed E-state index contributed by atoms with van der Waals surface area (Å²) >= 11 is 0. The molecule has 0 fully saturated rings. The number of aryl methyl sites for hydroxylation is 1. The normalized spacial score (nSPS) is 11.1. The molecule has 0 saturated carbocycles. The van der Waals surface area contributed by atoms with E-state index >= 15 is 0 Å². The molecule has 0 aliphatic rings. The Kier molecular flexibility index (Phi) is 5.87. The van der Waals surface area contributed by atoms with Crippen LogP contribution in [0.2, 0.25) is 0 Å². The molecule has 0 aliphatic heterocycles. The Labute approximate surface area is 172 Å². The van der Waals surface area contributed by atoms with Crippen LogP contribution >= 0.6 is 0 Å². The van der Waals surface area contributed by atoms with Crippen LogP contribution in [0.5, 0.6) is 11.8 Å². The summed E-state index contributed by atoms with van der Waals surface area (Å²) in [6.07, 6.45) is 0. The minimum absolute atomic E-state index is 0.0262. The van der Waals surface area contributed by atoms with E-state index in [1.807, 2.05) is 0 Å². The number of benzene rings is 1. The first-order chi connectivity index (χ1) is 14.3. The van der Waals surface area contributed by atoms with Crippen LogP contribution in [0.1, 0.15) is 16.1 Å². The molecule has 0 aliphatic carbocycles. The fourth-order valence-electron chi connectivity index (χ4n) is 2.59. The van der Waals surface area contributed by atoms with Crippen LogP contribution in [0.25, 0.3) is 5.95 Å². The highest BCUT2D eigenvalue weighted by Crippen LogP contribution is 2.24. The van der Waals surface area contributed by atoms with Crippen molar-refractivity contribution >= 4 is 21.8 Å². The molecule has 158 valence electrons. The summed E-state index contributed by atoms with van der Waals surface area (Å²) in [5.41, 5.74) is 0.397. The van der Waals surface area contributed by atoms with Gasteiger partial charge in [0.2, 0.25) is 11.8 Å². The highest BCUT2D eigenvalue weighted by molar-refractivity contribution is 7.92. The molecule has 1 N–H and O–H groups in total. The SMILES string of the molecule is COC(=O)c1ccccc1S(=O)(=O)Nc1cc(C)nn1-c1nc(OC)cc(OC)n1. The summed E-state index contributed by atoms with van der Waals surface area (Å²) in [5.74, 6) is -0.285. The quantitative estimate of drug-likeness (QED) is 0.551. The van der Waals surface area contributed by atoms with Crippen molar-refractivity contribution in [1.82, 2.24) is 19.7 Å². The number of rotatable bonds is 7. The molecule has 0 radical (unpaired) electrons. The van der Waals surface area contributed by atoms with Gasteiger partial charge in [-0.15, -0.1) is 0 Å². The number of ether oxygens (including phenoxy) is 3. The maximum absolute atomic E-state index is 13.0. The van der Waals surface area contributed by atoms with Crippen LogP contribution in [-0.2, 0) is 14.8 Å². The molecule has 3 aromatic rings.